The molecule has 13 heteroatoms. The topological polar surface area (TPSA) is 90.6 Å². The van der Waals surface area contributed by atoms with Crippen molar-refractivity contribution < 1.29 is 18.7 Å². The molecule has 2 aliphatic heterocycles. The minimum atomic E-state index is -2.94. The number of hydrogen-bond acceptors (Lipinski definition) is 7. The lowest BCUT2D eigenvalue weighted by Crippen LogP contribution is -2.47. The lowest BCUT2D eigenvalue weighted by molar-refractivity contribution is 0.0681. The van der Waals surface area contributed by atoms with E-state index in [1.807, 2.05) is 30.6 Å². The molecule has 0 bridgehead atoms. The number of alkyl halides is 2. The van der Waals surface area contributed by atoms with Gasteiger partial charge in [0.25, 0.3) is 6.43 Å². The predicted octanol–water partition coefficient (Wildman–Crippen LogP) is 5.42. The summed E-state index contributed by atoms with van der Waals surface area (Å²) in [4.78, 5) is 27.7. The second-order valence-corrected chi connectivity index (χ2v) is 11.3. The molecule has 0 radical (unpaired) electrons. The normalized spacial score (nSPS) is 19.9. The fraction of sp³-hybridized carbons (Fsp3) is 0.500. The summed E-state index contributed by atoms with van der Waals surface area (Å²) in [6, 6.07) is 5.20. The van der Waals surface area contributed by atoms with Gasteiger partial charge in [0.05, 0.1) is 12.2 Å². The zero-order valence-electron chi connectivity index (χ0n) is 22.5. The van der Waals surface area contributed by atoms with Crippen molar-refractivity contribution in [1.29, 1.82) is 0 Å². The first-order valence-corrected chi connectivity index (χ1v) is 14.2. The van der Waals surface area contributed by atoms with Gasteiger partial charge in [0, 0.05) is 80.0 Å². The zero-order chi connectivity index (χ0) is 27.8. The van der Waals surface area contributed by atoms with Gasteiger partial charge in [0.15, 0.2) is 0 Å². The van der Waals surface area contributed by atoms with E-state index in [1.54, 1.807) is 0 Å². The van der Waals surface area contributed by atoms with Crippen molar-refractivity contribution >= 4 is 41.6 Å². The van der Waals surface area contributed by atoms with Gasteiger partial charge in [-0.05, 0) is 43.7 Å². The van der Waals surface area contributed by atoms with E-state index in [1.165, 1.54) is 24.1 Å². The number of carboxylic acids is 1. The number of piperazine rings is 1. The summed E-state index contributed by atoms with van der Waals surface area (Å²) in [5.74, 6) is 0.199. The molecule has 1 unspecified atom stereocenters. The van der Waals surface area contributed by atoms with Crippen molar-refractivity contribution in [2.24, 2.45) is 5.92 Å². The third-order valence-corrected chi connectivity index (χ3v) is 8.37. The minimum absolute atomic E-state index is 0. The molecule has 220 valence electrons. The maximum absolute atomic E-state index is 13.9. The maximum atomic E-state index is 13.9. The summed E-state index contributed by atoms with van der Waals surface area (Å²) in [5, 5.41) is 14.0. The van der Waals surface area contributed by atoms with Crippen molar-refractivity contribution in [2.45, 2.75) is 38.2 Å². The van der Waals surface area contributed by atoms with E-state index < -0.39 is 29.7 Å². The third kappa shape index (κ3) is 6.42. The highest BCUT2D eigenvalue weighted by molar-refractivity contribution is 6.31. The number of aromatic nitrogens is 4. The number of anilines is 2. The Morgan fingerprint density at radius 1 is 1.02 bits per heavy atom. The average molecular weight is 609 g/mol. The SMILES string of the molecule is Cl.O=C(O)c1cnn(C2CCCN(c3cc(Cl)ccc3-c3cnc(N4CCN(CC5CC5)CC4)nc3)C2)c1C(F)F. The average Bonchev–Trinajstić information content (AvgIpc) is 3.66. The second-order valence-electron chi connectivity index (χ2n) is 10.9. The molecule has 1 aromatic carbocycles. The van der Waals surface area contributed by atoms with Crippen LogP contribution in [0.15, 0.2) is 36.8 Å². The predicted molar refractivity (Wildman–Crippen MR) is 156 cm³/mol. The monoisotopic (exact) mass is 607 g/mol. The molecule has 1 saturated carbocycles. The van der Waals surface area contributed by atoms with Gasteiger partial charge in [0.1, 0.15) is 11.3 Å². The molecule has 4 heterocycles. The summed E-state index contributed by atoms with van der Waals surface area (Å²) in [7, 11) is 0. The highest BCUT2D eigenvalue weighted by Crippen LogP contribution is 2.37. The van der Waals surface area contributed by atoms with Crippen LogP contribution in [0.1, 0.15) is 54.2 Å². The number of halogens is 4. The Morgan fingerprint density at radius 3 is 2.41 bits per heavy atom. The van der Waals surface area contributed by atoms with Gasteiger partial charge >= 0.3 is 5.97 Å². The van der Waals surface area contributed by atoms with Gasteiger partial charge in [-0.15, -0.1) is 12.4 Å². The molecule has 3 aromatic rings. The number of hydrogen-bond donors (Lipinski definition) is 1. The molecule has 9 nitrogen and oxygen atoms in total. The lowest BCUT2D eigenvalue weighted by atomic mass is 10.0. The molecule has 1 atom stereocenters. The van der Waals surface area contributed by atoms with Gasteiger partial charge in [-0.1, -0.05) is 17.7 Å². The number of aromatic carboxylic acids is 1. The van der Waals surface area contributed by atoms with E-state index in [-0.39, 0.29) is 12.4 Å². The van der Waals surface area contributed by atoms with Gasteiger partial charge in [0.2, 0.25) is 5.95 Å². The quantitative estimate of drug-likeness (QED) is 0.363. The lowest BCUT2D eigenvalue weighted by Gasteiger charge is -2.36. The molecule has 1 N–H and O–H groups in total. The van der Waals surface area contributed by atoms with Crippen LogP contribution in [0.2, 0.25) is 5.02 Å². The Bertz CT molecular complexity index is 1360. The number of nitrogens with zero attached hydrogens (tertiary/aromatic N) is 7. The van der Waals surface area contributed by atoms with Crippen LogP contribution in [-0.2, 0) is 0 Å². The minimum Gasteiger partial charge on any atom is -0.478 e. The number of rotatable bonds is 8. The molecule has 0 amide bonds. The summed E-state index contributed by atoms with van der Waals surface area (Å²) >= 11 is 6.41. The van der Waals surface area contributed by atoms with Crippen LogP contribution in [0.4, 0.5) is 20.4 Å². The highest BCUT2D eigenvalue weighted by atomic mass is 35.5. The number of piperidine rings is 1. The van der Waals surface area contributed by atoms with E-state index in [9.17, 15) is 18.7 Å². The van der Waals surface area contributed by atoms with Crippen LogP contribution >= 0.6 is 24.0 Å². The van der Waals surface area contributed by atoms with E-state index >= 15 is 0 Å². The summed E-state index contributed by atoms with van der Waals surface area (Å²) < 4.78 is 28.9. The molecule has 3 fully saturated rings. The zero-order valence-corrected chi connectivity index (χ0v) is 24.1. The standard InChI is InChI=1S/C28H32ClF2N7O2.ClH/c29-20-5-6-22(19-13-32-28(33-14-19)36-10-8-35(9-11-36)16-18-3-4-18)24(12-20)37-7-1-2-21(17-37)38-25(26(30)31)23(15-34-38)27(39)40;/h5-6,12-15,18,21,26H,1-4,7-11,16-17H2,(H,39,40);1H. The smallest absolute Gasteiger partial charge is 0.339 e. The van der Waals surface area contributed by atoms with E-state index in [0.717, 1.165) is 67.5 Å². The molecule has 6 rings (SSSR count). The molecular weight excluding hydrogens is 575 g/mol. The van der Waals surface area contributed by atoms with Gasteiger partial charge < -0.3 is 14.9 Å². The Balaban J connectivity index is 0.00000337. The van der Waals surface area contributed by atoms with Crippen LogP contribution in [0, 0.1) is 5.92 Å². The fourth-order valence-electron chi connectivity index (χ4n) is 5.85. The Kier molecular flexibility index (Phi) is 8.96. The Morgan fingerprint density at radius 2 is 1.76 bits per heavy atom. The van der Waals surface area contributed by atoms with E-state index in [0.29, 0.717) is 24.5 Å². The number of carboxylic acid groups (broad SMARTS) is 1. The molecule has 3 aliphatic rings. The summed E-state index contributed by atoms with van der Waals surface area (Å²) in [6.45, 7) is 6.15. The fourth-order valence-corrected chi connectivity index (χ4v) is 6.01. The molecule has 1 aliphatic carbocycles. The Hall–Kier alpha value is -3.02. The third-order valence-electron chi connectivity index (χ3n) is 8.13. The second kappa shape index (κ2) is 12.5. The maximum Gasteiger partial charge on any atom is 0.339 e. The van der Waals surface area contributed by atoms with Crippen molar-refractivity contribution in [3.8, 4) is 11.1 Å². The molecule has 2 aromatic heterocycles. The number of benzene rings is 1. The number of carbonyl (C=O) groups is 1. The first-order chi connectivity index (χ1) is 19.4. The van der Waals surface area contributed by atoms with Crippen molar-refractivity contribution in [2.75, 3.05) is 55.6 Å². The molecule has 41 heavy (non-hydrogen) atoms. The molecular formula is C28H33Cl2F2N7O2. The van der Waals surface area contributed by atoms with Crippen LogP contribution in [0.25, 0.3) is 11.1 Å². The summed E-state index contributed by atoms with van der Waals surface area (Å²) in [5.41, 5.74) is 1.57. The van der Waals surface area contributed by atoms with Gasteiger partial charge in [-0.3, -0.25) is 9.58 Å². The highest BCUT2D eigenvalue weighted by Gasteiger charge is 2.32. The molecule has 2 saturated heterocycles. The van der Waals surface area contributed by atoms with Crippen molar-refractivity contribution in [1.82, 2.24) is 24.6 Å². The largest absolute Gasteiger partial charge is 0.478 e. The molecule has 0 spiro atoms. The van der Waals surface area contributed by atoms with Crippen molar-refractivity contribution in [3.05, 3.63) is 53.1 Å². The van der Waals surface area contributed by atoms with E-state index in [4.69, 9.17) is 21.6 Å². The van der Waals surface area contributed by atoms with Crippen LogP contribution in [0.3, 0.4) is 0 Å². The first kappa shape index (κ1) is 29.5. The first-order valence-electron chi connectivity index (χ1n) is 13.8. The van der Waals surface area contributed by atoms with Gasteiger partial charge in [-0.2, -0.15) is 5.10 Å². The van der Waals surface area contributed by atoms with Crippen LogP contribution in [-0.4, -0.2) is 81.5 Å². The van der Waals surface area contributed by atoms with Gasteiger partial charge in [-0.25, -0.2) is 23.5 Å². The summed E-state index contributed by atoms with van der Waals surface area (Å²) in [6.07, 6.45) is 5.79. The van der Waals surface area contributed by atoms with E-state index in [2.05, 4.69) is 19.8 Å². The Labute approximate surface area is 248 Å². The van der Waals surface area contributed by atoms with Crippen LogP contribution < -0.4 is 9.80 Å². The van der Waals surface area contributed by atoms with Crippen LogP contribution in [0.5, 0.6) is 0 Å². The van der Waals surface area contributed by atoms with Crippen molar-refractivity contribution in [3.63, 3.8) is 0 Å².